The Morgan fingerprint density at radius 3 is 1.93 bits per heavy atom. The molecule has 1 fully saturated rings. The van der Waals surface area contributed by atoms with E-state index in [-0.39, 0.29) is 13.2 Å². The fourth-order valence-electron chi connectivity index (χ4n) is 3.79. The minimum Gasteiger partial charge on any atom is -0.394 e. The van der Waals surface area contributed by atoms with Crippen LogP contribution in [-0.2, 0) is 9.47 Å². The van der Waals surface area contributed by atoms with Crippen LogP contribution in [0, 0.1) is 0 Å². The molecule has 0 aromatic heterocycles. The Labute approximate surface area is 178 Å². The third-order valence-corrected chi connectivity index (χ3v) is 5.77. The van der Waals surface area contributed by atoms with Gasteiger partial charge in [-0.1, -0.05) is 89.7 Å². The molecule has 4 atom stereocenters. The molecule has 3 N–H and O–H groups in total. The van der Waals surface area contributed by atoms with Gasteiger partial charge in [0.2, 0.25) is 0 Å². The van der Waals surface area contributed by atoms with Gasteiger partial charge in [0.05, 0.1) is 19.8 Å². The quantitative estimate of drug-likeness (QED) is 0.227. The molecule has 0 amide bonds. The molecule has 5 heteroatoms. The Morgan fingerprint density at radius 1 is 0.793 bits per heavy atom. The van der Waals surface area contributed by atoms with Crippen LogP contribution in [0.1, 0.15) is 96.8 Å². The van der Waals surface area contributed by atoms with Crippen LogP contribution in [0.2, 0.25) is 0 Å². The molecule has 1 saturated heterocycles. The van der Waals surface area contributed by atoms with Crippen molar-refractivity contribution in [1.82, 2.24) is 0 Å². The van der Waals surface area contributed by atoms with E-state index >= 15 is 0 Å². The maximum absolute atomic E-state index is 9.99. The fourth-order valence-corrected chi connectivity index (χ4v) is 3.79. The number of allylic oxidation sites excluding steroid dienone is 1. The molecule has 0 radical (unpaired) electrons. The molecule has 0 spiro atoms. The third-order valence-electron chi connectivity index (χ3n) is 5.77. The van der Waals surface area contributed by atoms with Crippen molar-refractivity contribution in [3.8, 4) is 0 Å². The van der Waals surface area contributed by atoms with Crippen LogP contribution in [0.3, 0.4) is 0 Å². The maximum atomic E-state index is 9.99. The zero-order chi connectivity index (χ0) is 21.2. The Morgan fingerprint density at radius 2 is 1.34 bits per heavy atom. The van der Waals surface area contributed by atoms with Crippen LogP contribution in [0.25, 0.3) is 0 Å². The number of aliphatic hydroxyl groups is 3. The minimum atomic E-state index is -1.10. The van der Waals surface area contributed by atoms with Crippen LogP contribution in [0.15, 0.2) is 12.2 Å². The molecular formula is C24H46O5. The summed E-state index contributed by atoms with van der Waals surface area (Å²) in [5.74, 6) is 0. The topological polar surface area (TPSA) is 79.2 Å². The normalized spacial score (nSPS) is 25.1. The summed E-state index contributed by atoms with van der Waals surface area (Å²) in [6, 6.07) is 0. The summed E-state index contributed by atoms with van der Waals surface area (Å²) in [6.45, 7) is 2.67. The SMILES string of the molecule is CCCCCCCCCCCCCC/C=C/CCO[C@H]1CO[C@H](CO)[C@@H](O)[C@@H]1O. The van der Waals surface area contributed by atoms with Gasteiger partial charge in [0.1, 0.15) is 24.4 Å². The standard InChI is InChI=1S/C24H46O5/c1-2-3-4-5-6-7-8-9-10-11-12-13-14-15-16-17-18-28-22-20-29-21(19-25)23(26)24(22)27/h15-16,21-27H,2-14,17-20H2,1H3/b16-15+/t21-,22+,23-,24-/m1/s1. The van der Waals surface area contributed by atoms with Gasteiger partial charge in [0.25, 0.3) is 0 Å². The molecular weight excluding hydrogens is 368 g/mol. The number of unbranched alkanes of at least 4 members (excludes halogenated alkanes) is 12. The molecule has 5 nitrogen and oxygen atoms in total. The second-order valence-corrected chi connectivity index (χ2v) is 8.38. The van der Waals surface area contributed by atoms with E-state index in [4.69, 9.17) is 14.6 Å². The maximum Gasteiger partial charge on any atom is 0.111 e. The highest BCUT2D eigenvalue weighted by molar-refractivity contribution is 4.88. The lowest BCUT2D eigenvalue weighted by Crippen LogP contribution is -2.55. The molecule has 1 rings (SSSR count). The summed E-state index contributed by atoms with van der Waals surface area (Å²) in [6.07, 6.45) is 19.4. The third kappa shape index (κ3) is 12.7. The smallest absolute Gasteiger partial charge is 0.111 e. The molecule has 0 aromatic carbocycles. The van der Waals surface area contributed by atoms with Crippen molar-refractivity contribution >= 4 is 0 Å². The lowest BCUT2D eigenvalue weighted by molar-refractivity contribution is -0.208. The highest BCUT2D eigenvalue weighted by Crippen LogP contribution is 2.18. The van der Waals surface area contributed by atoms with Gasteiger partial charge in [-0.25, -0.2) is 0 Å². The summed E-state index contributed by atoms with van der Waals surface area (Å²) in [4.78, 5) is 0. The molecule has 1 aliphatic rings. The van der Waals surface area contributed by atoms with Crippen LogP contribution in [0.5, 0.6) is 0 Å². The van der Waals surface area contributed by atoms with Gasteiger partial charge in [0.15, 0.2) is 0 Å². The van der Waals surface area contributed by atoms with Gasteiger partial charge in [0, 0.05) is 0 Å². The van der Waals surface area contributed by atoms with Gasteiger partial charge in [-0.2, -0.15) is 0 Å². The van der Waals surface area contributed by atoms with E-state index in [1.807, 2.05) is 0 Å². The first kappa shape index (κ1) is 26.6. The van der Waals surface area contributed by atoms with E-state index in [2.05, 4.69) is 19.1 Å². The summed E-state index contributed by atoms with van der Waals surface area (Å²) in [7, 11) is 0. The first-order valence-electron chi connectivity index (χ1n) is 12.1. The van der Waals surface area contributed by atoms with E-state index in [1.165, 1.54) is 77.0 Å². The molecule has 1 aliphatic heterocycles. The van der Waals surface area contributed by atoms with Crippen molar-refractivity contribution in [3.05, 3.63) is 12.2 Å². The number of aliphatic hydroxyl groups excluding tert-OH is 3. The van der Waals surface area contributed by atoms with Gasteiger partial charge >= 0.3 is 0 Å². The highest BCUT2D eigenvalue weighted by Gasteiger charge is 2.38. The van der Waals surface area contributed by atoms with E-state index in [9.17, 15) is 10.2 Å². The first-order chi connectivity index (χ1) is 14.2. The molecule has 0 aromatic rings. The van der Waals surface area contributed by atoms with Crippen molar-refractivity contribution in [2.24, 2.45) is 0 Å². The van der Waals surface area contributed by atoms with E-state index < -0.39 is 24.4 Å². The van der Waals surface area contributed by atoms with Crippen molar-refractivity contribution < 1.29 is 24.8 Å². The van der Waals surface area contributed by atoms with Crippen molar-refractivity contribution in [1.29, 1.82) is 0 Å². The Kier molecular flexibility index (Phi) is 16.8. The Bertz CT molecular complexity index is 387. The average Bonchev–Trinajstić information content (AvgIpc) is 2.73. The number of hydrogen-bond acceptors (Lipinski definition) is 5. The van der Waals surface area contributed by atoms with E-state index in [0.717, 1.165) is 12.8 Å². The van der Waals surface area contributed by atoms with Crippen LogP contribution in [-0.4, -0.2) is 59.6 Å². The van der Waals surface area contributed by atoms with Gasteiger partial charge in [-0.3, -0.25) is 0 Å². The van der Waals surface area contributed by atoms with Crippen molar-refractivity contribution in [2.45, 2.75) is 121 Å². The number of hydrogen-bond donors (Lipinski definition) is 3. The summed E-state index contributed by atoms with van der Waals surface area (Å²) in [5, 5.41) is 28.9. The second kappa shape index (κ2) is 18.3. The minimum absolute atomic E-state index is 0.200. The second-order valence-electron chi connectivity index (χ2n) is 8.38. The fraction of sp³-hybridized carbons (Fsp3) is 0.917. The van der Waals surface area contributed by atoms with E-state index in [1.54, 1.807) is 0 Å². The highest BCUT2D eigenvalue weighted by atomic mass is 16.6. The van der Waals surface area contributed by atoms with Gasteiger partial charge in [-0.15, -0.1) is 0 Å². The molecule has 1 heterocycles. The molecule has 0 saturated carbocycles. The first-order valence-corrected chi connectivity index (χ1v) is 12.1. The predicted molar refractivity (Wildman–Crippen MR) is 118 cm³/mol. The molecule has 0 bridgehead atoms. The van der Waals surface area contributed by atoms with Crippen molar-refractivity contribution in [3.63, 3.8) is 0 Å². The van der Waals surface area contributed by atoms with E-state index in [0.29, 0.717) is 6.61 Å². The molecule has 172 valence electrons. The number of ether oxygens (including phenoxy) is 2. The van der Waals surface area contributed by atoms with Crippen LogP contribution in [0.4, 0.5) is 0 Å². The lowest BCUT2D eigenvalue weighted by atomic mass is 10.0. The van der Waals surface area contributed by atoms with Gasteiger partial charge in [-0.05, 0) is 19.3 Å². The monoisotopic (exact) mass is 414 g/mol. The Hall–Kier alpha value is -0.460. The molecule has 29 heavy (non-hydrogen) atoms. The largest absolute Gasteiger partial charge is 0.394 e. The Balaban J connectivity index is 1.85. The lowest BCUT2D eigenvalue weighted by Gasteiger charge is -2.36. The van der Waals surface area contributed by atoms with Crippen LogP contribution < -0.4 is 0 Å². The van der Waals surface area contributed by atoms with Gasteiger partial charge < -0.3 is 24.8 Å². The summed E-state index contributed by atoms with van der Waals surface area (Å²) in [5.41, 5.74) is 0. The zero-order valence-corrected chi connectivity index (χ0v) is 18.6. The summed E-state index contributed by atoms with van der Waals surface area (Å²) >= 11 is 0. The summed E-state index contributed by atoms with van der Waals surface area (Å²) < 4.78 is 10.9. The number of rotatable bonds is 18. The zero-order valence-electron chi connectivity index (χ0n) is 18.6. The van der Waals surface area contributed by atoms with Crippen LogP contribution >= 0.6 is 0 Å². The molecule has 0 unspecified atom stereocenters. The van der Waals surface area contributed by atoms with Crippen molar-refractivity contribution in [2.75, 3.05) is 19.8 Å². The average molecular weight is 415 g/mol. The molecule has 0 aliphatic carbocycles. The predicted octanol–water partition coefficient (Wildman–Crippen LogP) is 4.52.